The molecular weight excluding hydrogens is 284 g/mol. The SMILES string of the molecule is Cc1cc(C(=O)NCCc2cscn2)ccc1C#CCO. The Kier molecular flexibility index (Phi) is 5.50. The third kappa shape index (κ3) is 4.42. The maximum absolute atomic E-state index is 12.0. The molecule has 0 saturated carbocycles. The van der Waals surface area contributed by atoms with Crippen molar-refractivity contribution in [1.29, 1.82) is 0 Å². The van der Waals surface area contributed by atoms with E-state index < -0.39 is 0 Å². The minimum Gasteiger partial charge on any atom is -0.384 e. The number of hydrogen-bond acceptors (Lipinski definition) is 4. The van der Waals surface area contributed by atoms with Gasteiger partial charge in [0.15, 0.2) is 0 Å². The number of carbonyl (C=O) groups excluding carboxylic acids is 1. The van der Waals surface area contributed by atoms with Crippen LogP contribution in [-0.2, 0) is 6.42 Å². The fraction of sp³-hybridized carbons (Fsp3) is 0.250. The van der Waals surface area contributed by atoms with Crippen LogP contribution in [0.25, 0.3) is 0 Å². The highest BCUT2D eigenvalue weighted by Crippen LogP contribution is 2.10. The number of benzene rings is 1. The monoisotopic (exact) mass is 300 g/mol. The fourth-order valence-corrected chi connectivity index (χ4v) is 2.44. The highest BCUT2D eigenvalue weighted by molar-refractivity contribution is 7.07. The Bertz CT molecular complexity index is 669. The topological polar surface area (TPSA) is 62.2 Å². The van der Waals surface area contributed by atoms with E-state index in [1.807, 2.05) is 12.3 Å². The lowest BCUT2D eigenvalue weighted by Crippen LogP contribution is -2.25. The first-order chi connectivity index (χ1) is 10.2. The van der Waals surface area contributed by atoms with E-state index in [2.05, 4.69) is 22.1 Å². The predicted octanol–water partition coefficient (Wildman–Crippen LogP) is 1.77. The number of aliphatic hydroxyl groups is 1. The summed E-state index contributed by atoms with van der Waals surface area (Å²) in [4.78, 5) is 16.2. The molecule has 0 saturated heterocycles. The number of aliphatic hydroxyl groups excluding tert-OH is 1. The molecule has 0 fully saturated rings. The zero-order valence-corrected chi connectivity index (χ0v) is 12.5. The van der Waals surface area contributed by atoms with Gasteiger partial charge in [0.1, 0.15) is 6.61 Å². The van der Waals surface area contributed by atoms with Gasteiger partial charge in [0.25, 0.3) is 5.91 Å². The maximum Gasteiger partial charge on any atom is 0.251 e. The number of rotatable bonds is 4. The van der Waals surface area contributed by atoms with Crippen LogP contribution in [0.2, 0.25) is 0 Å². The van der Waals surface area contributed by atoms with E-state index in [-0.39, 0.29) is 12.5 Å². The van der Waals surface area contributed by atoms with Crippen LogP contribution in [0.4, 0.5) is 0 Å². The molecule has 5 heteroatoms. The molecule has 0 aliphatic carbocycles. The number of amides is 1. The molecule has 0 aliphatic rings. The molecule has 0 aliphatic heterocycles. The molecule has 1 aromatic carbocycles. The molecule has 1 heterocycles. The summed E-state index contributed by atoms with van der Waals surface area (Å²) in [6, 6.07) is 5.35. The van der Waals surface area contributed by atoms with Gasteiger partial charge in [0.2, 0.25) is 0 Å². The van der Waals surface area contributed by atoms with Gasteiger partial charge in [-0.3, -0.25) is 4.79 Å². The van der Waals surface area contributed by atoms with Gasteiger partial charge in [-0.25, -0.2) is 4.98 Å². The maximum atomic E-state index is 12.0. The molecule has 2 N–H and O–H groups in total. The molecule has 0 bridgehead atoms. The molecule has 4 nitrogen and oxygen atoms in total. The number of hydrogen-bond donors (Lipinski definition) is 2. The zero-order valence-electron chi connectivity index (χ0n) is 11.7. The van der Waals surface area contributed by atoms with Crippen LogP contribution in [-0.4, -0.2) is 29.1 Å². The third-order valence-corrected chi connectivity index (χ3v) is 3.58. The lowest BCUT2D eigenvalue weighted by atomic mass is 10.0. The Morgan fingerprint density at radius 1 is 1.48 bits per heavy atom. The molecule has 2 rings (SSSR count). The van der Waals surface area contributed by atoms with Crippen molar-refractivity contribution in [2.45, 2.75) is 13.3 Å². The largest absolute Gasteiger partial charge is 0.384 e. The molecule has 2 aromatic rings. The number of thiazole rings is 1. The minimum absolute atomic E-state index is 0.102. The van der Waals surface area contributed by atoms with Crippen molar-refractivity contribution in [3.63, 3.8) is 0 Å². The number of nitrogens with one attached hydrogen (secondary N) is 1. The van der Waals surface area contributed by atoms with Crippen molar-refractivity contribution in [1.82, 2.24) is 10.3 Å². The van der Waals surface area contributed by atoms with E-state index >= 15 is 0 Å². The number of nitrogens with zero attached hydrogens (tertiary/aromatic N) is 1. The molecular formula is C16H16N2O2S. The molecule has 21 heavy (non-hydrogen) atoms. The van der Waals surface area contributed by atoms with Crippen molar-refractivity contribution in [2.75, 3.05) is 13.2 Å². The van der Waals surface area contributed by atoms with E-state index in [9.17, 15) is 4.79 Å². The normalized spacial score (nSPS) is 9.81. The quantitative estimate of drug-likeness (QED) is 0.846. The van der Waals surface area contributed by atoms with Gasteiger partial charge in [-0.05, 0) is 30.7 Å². The van der Waals surface area contributed by atoms with Crippen LogP contribution in [0, 0.1) is 18.8 Å². The minimum atomic E-state index is -0.168. The molecule has 1 aromatic heterocycles. The first-order valence-electron chi connectivity index (χ1n) is 6.56. The van der Waals surface area contributed by atoms with Crippen molar-refractivity contribution in [3.05, 3.63) is 51.5 Å². The lowest BCUT2D eigenvalue weighted by molar-refractivity contribution is 0.0954. The summed E-state index contributed by atoms with van der Waals surface area (Å²) in [5.41, 5.74) is 5.13. The Balaban J connectivity index is 1.94. The van der Waals surface area contributed by atoms with Crippen LogP contribution < -0.4 is 5.32 Å². The Morgan fingerprint density at radius 3 is 3.00 bits per heavy atom. The predicted molar refractivity (Wildman–Crippen MR) is 83.3 cm³/mol. The molecule has 0 atom stereocenters. The van der Waals surface area contributed by atoms with Crippen molar-refractivity contribution in [2.24, 2.45) is 0 Å². The van der Waals surface area contributed by atoms with Gasteiger partial charge in [0.05, 0.1) is 11.2 Å². The molecule has 108 valence electrons. The second kappa shape index (κ2) is 7.58. The van der Waals surface area contributed by atoms with Gasteiger partial charge in [-0.2, -0.15) is 0 Å². The van der Waals surface area contributed by atoms with Gasteiger partial charge in [0, 0.05) is 29.5 Å². The van der Waals surface area contributed by atoms with Crippen molar-refractivity contribution < 1.29 is 9.90 Å². The fourth-order valence-electron chi connectivity index (χ4n) is 1.85. The van der Waals surface area contributed by atoms with Crippen LogP contribution in [0.5, 0.6) is 0 Å². The van der Waals surface area contributed by atoms with Crippen molar-refractivity contribution >= 4 is 17.2 Å². The summed E-state index contributed by atoms with van der Waals surface area (Å²) in [6.45, 7) is 2.29. The summed E-state index contributed by atoms with van der Waals surface area (Å²) < 4.78 is 0. The Morgan fingerprint density at radius 2 is 2.33 bits per heavy atom. The number of aryl methyl sites for hydroxylation is 1. The van der Waals surface area contributed by atoms with Gasteiger partial charge in [-0.1, -0.05) is 11.8 Å². The van der Waals surface area contributed by atoms with E-state index in [0.717, 1.165) is 23.2 Å². The summed E-state index contributed by atoms with van der Waals surface area (Å²) in [5.74, 6) is 5.35. The zero-order chi connectivity index (χ0) is 15.1. The van der Waals surface area contributed by atoms with Gasteiger partial charge >= 0.3 is 0 Å². The molecule has 1 amide bonds. The van der Waals surface area contributed by atoms with E-state index in [1.165, 1.54) is 0 Å². The highest BCUT2D eigenvalue weighted by atomic mass is 32.1. The molecule has 0 spiro atoms. The van der Waals surface area contributed by atoms with Crippen LogP contribution in [0.15, 0.2) is 29.1 Å². The Hall–Kier alpha value is -2.16. The smallest absolute Gasteiger partial charge is 0.251 e. The lowest BCUT2D eigenvalue weighted by Gasteiger charge is -2.06. The second-order valence-corrected chi connectivity index (χ2v) is 5.19. The molecule has 0 unspecified atom stereocenters. The van der Waals surface area contributed by atoms with Gasteiger partial charge in [-0.15, -0.1) is 11.3 Å². The standard InChI is InChI=1S/C16H16N2O2S/c1-12-9-14(5-4-13(12)3-2-8-19)16(20)17-7-6-15-10-21-11-18-15/h4-5,9-11,19H,6-8H2,1H3,(H,17,20). The average molecular weight is 300 g/mol. The van der Waals surface area contributed by atoms with E-state index in [0.29, 0.717) is 12.1 Å². The summed E-state index contributed by atoms with van der Waals surface area (Å²) in [6.07, 6.45) is 0.730. The average Bonchev–Trinajstić information content (AvgIpc) is 2.99. The van der Waals surface area contributed by atoms with Crippen LogP contribution in [0.1, 0.15) is 27.2 Å². The summed E-state index contributed by atoms with van der Waals surface area (Å²) in [7, 11) is 0. The van der Waals surface area contributed by atoms with E-state index in [1.54, 1.807) is 35.0 Å². The van der Waals surface area contributed by atoms with Gasteiger partial charge < -0.3 is 10.4 Å². The van der Waals surface area contributed by atoms with Crippen molar-refractivity contribution in [3.8, 4) is 11.8 Å². The number of aromatic nitrogens is 1. The summed E-state index contributed by atoms with van der Waals surface area (Å²) in [5, 5.41) is 13.5. The summed E-state index contributed by atoms with van der Waals surface area (Å²) >= 11 is 1.55. The van der Waals surface area contributed by atoms with E-state index in [4.69, 9.17) is 5.11 Å². The van der Waals surface area contributed by atoms with Crippen LogP contribution in [0.3, 0.4) is 0 Å². The first kappa shape index (κ1) is 15.2. The molecule has 0 radical (unpaired) electrons. The Labute approximate surface area is 127 Å². The number of carbonyl (C=O) groups is 1. The second-order valence-electron chi connectivity index (χ2n) is 4.48. The van der Waals surface area contributed by atoms with Crippen LogP contribution >= 0.6 is 11.3 Å². The highest BCUT2D eigenvalue weighted by Gasteiger charge is 2.07. The third-order valence-electron chi connectivity index (χ3n) is 2.94. The first-order valence-corrected chi connectivity index (χ1v) is 7.50.